The highest BCUT2D eigenvalue weighted by molar-refractivity contribution is 6.09. The van der Waals surface area contributed by atoms with E-state index in [1.54, 1.807) is 43.8 Å². The lowest BCUT2D eigenvalue weighted by Crippen LogP contribution is -2.40. The Balaban J connectivity index is 1.20. The van der Waals surface area contributed by atoms with Crippen molar-refractivity contribution in [2.75, 3.05) is 44.7 Å². The molecular formula is C31H32F2N8O4. The molecule has 3 aromatic heterocycles. The van der Waals surface area contributed by atoms with Gasteiger partial charge in [-0.3, -0.25) is 14.4 Å². The fourth-order valence-electron chi connectivity index (χ4n) is 5.06. The van der Waals surface area contributed by atoms with Crippen LogP contribution in [0.5, 0.6) is 17.2 Å². The normalized spacial score (nSPS) is 13.8. The van der Waals surface area contributed by atoms with Gasteiger partial charge in [0, 0.05) is 58.4 Å². The molecule has 0 bridgehead atoms. The largest absolute Gasteiger partial charge is 0.457 e. The number of nitrogens with zero attached hydrogens (tertiary/aromatic N) is 6. The summed E-state index contributed by atoms with van der Waals surface area (Å²) in [6.07, 6.45) is 6.21. The van der Waals surface area contributed by atoms with Gasteiger partial charge in [-0.05, 0) is 42.0 Å². The Kier molecular flexibility index (Phi) is 9.24. The van der Waals surface area contributed by atoms with E-state index < -0.39 is 12.5 Å². The van der Waals surface area contributed by atoms with Crippen molar-refractivity contribution in [2.45, 2.75) is 13.2 Å². The van der Waals surface area contributed by atoms with Gasteiger partial charge in [0.15, 0.2) is 5.65 Å². The first-order chi connectivity index (χ1) is 21.9. The van der Waals surface area contributed by atoms with Crippen LogP contribution in [0.4, 0.5) is 14.5 Å². The third kappa shape index (κ3) is 7.42. The quantitative estimate of drug-likeness (QED) is 0.198. The Morgan fingerprint density at radius 1 is 1.11 bits per heavy atom. The van der Waals surface area contributed by atoms with Crippen molar-refractivity contribution in [1.29, 1.82) is 0 Å². The highest BCUT2D eigenvalue weighted by Crippen LogP contribution is 2.39. The molecule has 0 radical (unpaired) electrons. The van der Waals surface area contributed by atoms with E-state index in [2.05, 4.69) is 30.7 Å². The Morgan fingerprint density at radius 2 is 1.96 bits per heavy atom. The van der Waals surface area contributed by atoms with Gasteiger partial charge in [0.05, 0.1) is 30.7 Å². The first kappa shape index (κ1) is 30.1. The summed E-state index contributed by atoms with van der Waals surface area (Å²) in [4.78, 5) is 19.8. The molecule has 4 heterocycles. The number of halogens is 2. The molecule has 14 heteroatoms. The van der Waals surface area contributed by atoms with Crippen LogP contribution in [0, 0.1) is 0 Å². The number of hydrogen-bond donors (Lipinski definition) is 2. The summed E-state index contributed by atoms with van der Waals surface area (Å²) < 4.78 is 46.1. The van der Waals surface area contributed by atoms with Crippen LogP contribution >= 0.6 is 0 Å². The zero-order valence-corrected chi connectivity index (χ0v) is 24.5. The topological polar surface area (TPSA) is 120 Å². The predicted octanol–water partition coefficient (Wildman–Crippen LogP) is 4.20. The minimum absolute atomic E-state index is 0.123. The number of carbonyl (C=O) groups is 1. The maximum absolute atomic E-state index is 13.4. The fourth-order valence-corrected chi connectivity index (χ4v) is 5.06. The zero-order valence-electron chi connectivity index (χ0n) is 24.5. The first-order valence-corrected chi connectivity index (χ1v) is 14.4. The summed E-state index contributed by atoms with van der Waals surface area (Å²) in [7, 11) is 1.66. The van der Waals surface area contributed by atoms with Gasteiger partial charge in [-0.25, -0.2) is 9.50 Å². The molecule has 2 aromatic carbocycles. The van der Waals surface area contributed by atoms with Crippen molar-refractivity contribution in [1.82, 2.24) is 34.6 Å². The van der Waals surface area contributed by atoms with Crippen LogP contribution in [0.1, 0.15) is 15.9 Å². The average molecular weight is 619 g/mol. The van der Waals surface area contributed by atoms with Gasteiger partial charge in [-0.2, -0.15) is 19.0 Å². The Morgan fingerprint density at radius 3 is 2.80 bits per heavy atom. The maximum Gasteiger partial charge on any atom is 0.387 e. The molecule has 234 valence electrons. The van der Waals surface area contributed by atoms with Crippen molar-refractivity contribution in [3.05, 3.63) is 84.4 Å². The van der Waals surface area contributed by atoms with Crippen LogP contribution in [0.25, 0.3) is 16.9 Å². The summed E-state index contributed by atoms with van der Waals surface area (Å²) in [5, 5.41) is 14.9. The highest BCUT2D eigenvalue weighted by atomic mass is 19.3. The third-order valence-corrected chi connectivity index (χ3v) is 7.19. The molecule has 0 atom stereocenters. The summed E-state index contributed by atoms with van der Waals surface area (Å²) in [6.45, 7) is 2.81. The number of alkyl halides is 2. The number of rotatable bonds is 12. The second kappa shape index (κ2) is 13.8. The number of benzene rings is 2. The van der Waals surface area contributed by atoms with Gasteiger partial charge in [0.25, 0.3) is 5.91 Å². The van der Waals surface area contributed by atoms with Crippen LogP contribution in [0.3, 0.4) is 0 Å². The lowest BCUT2D eigenvalue weighted by molar-refractivity contribution is -0.0494. The second-order valence-electron chi connectivity index (χ2n) is 10.4. The standard InChI is InChI=1S/C31H32F2N8O4/c1-39-20-26(37-30(42)25-19-36-41-10-3-8-35-29(25)41)28(38-39)24-17-23(6-7-27(24)45-31(32)33)44-22-5-2-4-21(16-22)18-34-9-11-40-12-14-43-15-13-40/h2-8,10,16-17,19-20,31,34H,9,11-15,18H2,1H3,(H,37,42). The number of amides is 1. The zero-order chi connectivity index (χ0) is 31.2. The molecule has 0 saturated carbocycles. The number of fused-ring (bicyclic) bond motifs is 1. The minimum atomic E-state index is -3.07. The van der Waals surface area contributed by atoms with E-state index in [4.69, 9.17) is 14.2 Å². The molecule has 0 unspecified atom stereocenters. The van der Waals surface area contributed by atoms with Crippen molar-refractivity contribution in [2.24, 2.45) is 7.05 Å². The van der Waals surface area contributed by atoms with Crippen molar-refractivity contribution >= 4 is 17.2 Å². The lowest BCUT2D eigenvalue weighted by atomic mass is 10.1. The Bertz CT molecular complexity index is 1770. The highest BCUT2D eigenvalue weighted by Gasteiger charge is 2.22. The molecule has 0 aliphatic carbocycles. The van der Waals surface area contributed by atoms with Gasteiger partial charge >= 0.3 is 6.61 Å². The summed E-state index contributed by atoms with van der Waals surface area (Å²) in [5.74, 6) is 0.337. The van der Waals surface area contributed by atoms with Crippen molar-refractivity contribution in [3.63, 3.8) is 0 Å². The van der Waals surface area contributed by atoms with Gasteiger partial charge in [0.2, 0.25) is 0 Å². The first-order valence-electron chi connectivity index (χ1n) is 14.4. The van der Waals surface area contributed by atoms with E-state index in [1.165, 1.54) is 21.5 Å². The van der Waals surface area contributed by atoms with E-state index in [-0.39, 0.29) is 28.3 Å². The molecule has 5 aromatic rings. The summed E-state index contributed by atoms with van der Waals surface area (Å²) >= 11 is 0. The lowest BCUT2D eigenvalue weighted by Gasteiger charge is -2.26. The van der Waals surface area contributed by atoms with Crippen LogP contribution in [0.2, 0.25) is 0 Å². The number of nitrogens with one attached hydrogen (secondary N) is 2. The number of hydrogen-bond acceptors (Lipinski definition) is 9. The molecule has 1 aliphatic heterocycles. The van der Waals surface area contributed by atoms with Crippen LogP contribution in [-0.2, 0) is 18.3 Å². The minimum Gasteiger partial charge on any atom is -0.457 e. The number of morpholine rings is 1. The summed E-state index contributed by atoms with van der Waals surface area (Å²) in [5.41, 5.74) is 2.34. The molecule has 2 N–H and O–H groups in total. The van der Waals surface area contributed by atoms with Gasteiger partial charge in [-0.1, -0.05) is 12.1 Å². The molecule has 45 heavy (non-hydrogen) atoms. The van der Waals surface area contributed by atoms with Crippen LogP contribution < -0.4 is 20.1 Å². The van der Waals surface area contributed by atoms with E-state index in [1.807, 2.05) is 24.3 Å². The Labute approximate surface area is 257 Å². The molecular weight excluding hydrogens is 586 g/mol. The molecule has 6 rings (SSSR count). The molecule has 1 saturated heterocycles. The van der Waals surface area contributed by atoms with E-state index >= 15 is 0 Å². The van der Waals surface area contributed by atoms with E-state index in [9.17, 15) is 13.6 Å². The fraction of sp³-hybridized carbons (Fsp3) is 0.290. The monoisotopic (exact) mass is 618 g/mol. The van der Waals surface area contributed by atoms with Gasteiger partial charge in [0.1, 0.15) is 28.5 Å². The number of carbonyl (C=O) groups excluding carboxylic acids is 1. The van der Waals surface area contributed by atoms with E-state index in [0.29, 0.717) is 23.7 Å². The predicted molar refractivity (Wildman–Crippen MR) is 162 cm³/mol. The Hall–Kier alpha value is -4.92. The summed E-state index contributed by atoms with van der Waals surface area (Å²) in [6, 6.07) is 13.8. The third-order valence-electron chi connectivity index (χ3n) is 7.19. The number of aryl methyl sites for hydroxylation is 1. The SMILES string of the molecule is Cn1cc(NC(=O)c2cnn3cccnc23)c(-c2cc(Oc3cccc(CNCCN4CCOCC4)c3)ccc2OC(F)F)n1. The second-order valence-corrected chi connectivity index (χ2v) is 10.4. The average Bonchev–Trinajstić information content (AvgIpc) is 3.63. The number of ether oxygens (including phenoxy) is 3. The smallest absolute Gasteiger partial charge is 0.387 e. The van der Waals surface area contributed by atoms with Crippen LogP contribution in [-0.4, -0.2) is 81.2 Å². The van der Waals surface area contributed by atoms with Crippen LogP contribution in [0.15, 0.2) is 73.3 Å². The molecule has 1 amide bonds. The molecule has 0 spiro atoms. The molecule has 1 fully saturated rings. The van der Waals surface area contributed by atoms with Gasteiger partial charge < -0.3 is 24.8 Å². The van der Waals surface area contributed by atoms with Gasteiger partial charge in [-0.15, -0.1) is 0 Å². The maximum atomic E-state index is 13.4. The van der Waals surface area contributed by atoms with E-state index in [0.717, 1.165) is 45.0 Å². The van der Waals surface area contributed by atoms with Crippen molar-refractivity contribution < 1.29 is 27.8 Å². The molecule has 1 aliphatic rings. The van der Waals surface area contributed by atoms with Crippen molar-refractivity contribution in [3.8, 4) is 28.5 Å². The molecule has 12 nitrogen and oxygen atoms in total. The number of anilines is 1. The number of aromatic nitrogens is 5.